The monoisotopic (exact) mass is 407 g/mol. The van der Waals surface area contributed by atoms with Crippen molar-refractivity contribution in [2.75, 3.05) is 5.32 Å². The molecular formula is C28H25NO2. The Morgan fingerprint density at radius 1 is 0.645 bits per heavy atom. The second kappa shape index (κ2) is 10.3. The van der Waals surface area contributed by atoms with Gasteiger partial charge in [0.15, 0.2) is 0 Å². The summed E-state index contributed by atoms with van der Waals surface area (Å²) in [5.41, 5.74) is 4.89. The molecule has 4 rings (SSSR count). The number of ether oxygens (including phenoxy) is 1. The number of aryl methyl sites for hydroxylation is 2. The minimum absolute atomic E-state index is 0.0957. The molecule has 3 heteroatoms. The number of amides is 1. The van der Waals surface area contributed by atoms with Crippen LogP contribution in [0, 0.1) is 0 Å². The van der Waals surface area contributed by atoms with Gasteiger partial charge in [0.05, 0.1) is 0 Å². The first-order valence-corrected chi connectivity index (χ1v) is 10.5. The first kappa shape index (κ1) is 20.4. The zero-order valence-corrected chi connectivity index (χ0v) is 17.3. The fourth-order valence-electron chi connectivity index (χ4n) is 3.46. The van der Waals surface area contributed by atoms with E-state index in [9.17, 15) is 4.79 Å². The van der Waals surface area contributed by atoms with Gasteiger partial charge in [-0.15, -0.1) is 0 Å². The molecule has 0 aliphatic carbocycles. The molecule has 1 amide bonds. The van der Waals surface area contributed by atoms with Gasteiger partial charge in [0, 0.05) is 11.3 Å². The van der Waals surface area contributed by atoms with Crippen molar-refractivity contribution in [3.63, 3.8) is 0 Å². The van der Waals surface area contributed by atoms with Crippen LogP contribution >= 0.6 is 0 Å². The Morgan fingerprint density at radius 2 is 1.26 bits per heavy atom. The standard InChI is InChI=1S/C28H25NO2/c30-28(27-14-8-7-13-24(27)16-15-22-9-3-1-4-10-22)29-25-17-19-26(20-18-25)31-21-23-11-5-2-6-12-23/h1-14,17-20H,15-16,21H2,(H,29,30). The minimum Gasteiger partial charge on any atom is -0.489 e. The molecule has 154 valence electrons. The van der Waals surface area contributed by atoms with Crippen LogP contribution in [0.2, 0.25) is 0 Å². The molecular weight excluding hydrogens is 382 g/mol. The molecule has 31 heavy (non-hydrogen) atoms. The highest BCUT2D eigenvalue weighted by atomic mass is 16.5. The second-order valence-electron chi connectivity index (χ2n) is 7.40. The van der Waals surface area contributed by atoms with Crippen molar-refractivity contribution in [2.45, 2.75) is 19.4 Å². The fraction of sp³-hybridized carbons (Fsp3) is 0.107. The van der Waals surface area contributed by atoms with E-state index in [1.807, 2.05) is 97.1 Å². The van der Waals surface area contributed by atoms with Crippen LogP contribution < -0.4 is 10.1 Å². The van der Waals surface area contributed by atoms with E-state index in [1.54, 1.807) is 0 Å². The van der Waals surface area contributed by atoms with Gasteiger partial charge in [-0.3, -0.25) is 4.79 Å². The summed E-state index contributed by atoms with van der Waals surface area (Å²) in [6, 6.07) is 35.6. The number of anilines is 1. The molecule has 0 bridgehead atoms. The van der Waals surface area contributed by atoms with Gasteiger partial charge in [-0.05, 0) is 59.9 Å². The van der Waals surface area contributed by atoms with Crippen LogP contribution in [0.1, 0.15) is 27.0 Å². The molecule has 0 radical (unpaired) electrons. The summed E-state index contributed by atoms with van der Waals surface area (Å²) in [4.78, 5) is 12.9. The second-order valence-corrected chi connectivity index (χ2v) is 7.40. The number of hydrogen-bond acceptors (Lipinski definition) is 2. The van der Waals surface area contributed by atoms with Gasteiger partial charge < -0.3 is 10.1 Å². The molecule has 0 aliphatic heterocycles. The predicted molar refractivity (Wildman–Crippen MR) is 125 cm³/mol. The molecule has 0 aliphatic rings. The zero-order chi connectivity index (χ0) is 21.3. The fourth-order valence-corrected chi connectivity index (χ4v) is 3.46. The van der Waals surface area contributed by atoms with E-state index in [4.69, 9.17) is 4.74 Å². The molecule has 0 heterocycles. The van der Waals surface area contributed by atoms with Crippen molar-refractivity contribution in [1.82, 2.24) is 0 Å². The number of rotatable bonds is 8. The lowest BCUT2D eigenvalue weighted by Gasteiger charge is -2.11. The highest BCUT2D eigenvalue weighted by Gasteiger charge is 2.11. The lowest BCUT2D eigenvalue weighted by molar-refractivity contribution is 0.102. The van der Waals surface area contributed by atoms with Crippen LogP contribution in [0.4, 0.5) is 5.69 Å². The molecule has 3 nitrogen and oxygen atoms in total. The number of nitrogens with one attached hydrogen (secondary N) is 1. The van der Waals surface area contributed by atoms with Crippen LogP contribution in [-0.4, -0.2) is 5.91 Å². The van der Waals surface area contributed by atoms with Gasteiger partial charge in [0.2, 0.25) is 0 Å². The third kappa shape index (κ3) is 5.83. The summed E-state index contributed by atoms with van der Waals surface area (Å²) in [5.74, 6) is 0.673. The van der Waals surface area contributed by atoms with Crippen molar-refractivity contribution in [3.05, 3.63) is 131 Å². The van der Waals surface area contributed by atoms with Crippen molar-refractivity contribution in [2.24, 2.45) is 0 Å². The van der Waals surface area contributed by atoms with Crippen molar-refractivity contribution < 1.29 is 9.53 Å². The average molecular weight is 408 g/mol. The number of benzene rings is 4. The highest BCUT2D eigenvalue weighted by molar-refractivity contribution is 6.05. The summed E-state index contributed by atoms with van der Waals surface area (Å²) >= 11 is 0. The van der Waals surface area contributed by atoms with Gasteiger partial charge in [-0.1, -0.05) is 78.9 Å². The van der Waals surface area contributed by atoms with Crippen molar-refractivity contribution in [1.29, 1.82) is 0 Å². The highest BCUT2D eigenvalue weighted by Crippen LogP contribution is 2.19. The van der Waals surface area contributed by atoms with Crippen LogP contribution in [-0.2, 0) is 19.4 Å². The molecule has 0 aromatic heterocycles. The smallest absolute Gasteiger partial charge is 0.255 e. The maximum absolute atomic E-state index is 12.9. The van der Waals surface area contributed by atoms with E-state index in [0.29, 0.717) is 12.2 Å². The van der Waals surface area contributed by atoms with E-state index in [0.717, 1.165) is 35.4 Å². The Bertz CT molecular complexity index is 1110. The van der Waals surface area contributed by atoms with E-state index in [-0.39, 0.29) is 5.91 Å². The molecule has 0 unspecified atom stereocenters. The maximum Gasteiger partial charge on any atom is 0.255 e. The molecule has 0 spiro atoms. The normalized spacial score (nSPS) is 10.5. The SMILES string of the molecule is O=C(Nc1ccc(OCc2ccccc2)cc1)c1ccccc1CCc1ccccc1. The molecule has 0 fully saturated rings. The quantitative estimate of drug-likeness (QED) is 0.372. The van der Waals surface area contributed by atoms with Gasteiger partial charge in [-0.25, -0.2) is 0 Å². The van der Waals surface area contributed by atoms with Crippen LogP contribution in [0.3, 0.4) is 0 Å². The van der Waals surface area contributed by atoms with Gasteiger partial charge in [0.25, 0.3) is 5.91 Å². The van der Waals surface area contributed by atoms with Gasteiger partial charge in [0.1, 0.15) is 12.4 Å². The number of carbonyl (C=O) groups excluding carboxylic acids is 1. The third-order valence-electron chi connectivity index (χ3n) is 5.15. The number of carbonyl (C=O) groups is 1. The average Bonchev–Trinajstić information content (AvgIpc) is 2.84. The Morgan fingerprint density at radius 3 is 1.97 bits per heavy atom. The first-order valence-electron chi connectivity index (χ1n) is 10.5. The van der Waals surface area contributed by atoms with Gasteiger partial charge >= 0.3 is 0 Å². The van der Waals surface area contributed by atoms with Crippen LogP contribution in [0.25, 0.3) is 0 Å². The summed E-state index contributed by atoms with van der Waals surface area (Å²) in [5, 5.41) is 3.00. The Hall–Kier alpha value is -3.85. The molecule has 0 saturated carbocycles. The number of hydrogen-bond donors (Lipinski definition) is 1. The van der Waals surface area contributed by atoms with Crippen LogP contribution in [0.5, 0.6) is 5.75 Å². The predicted octanol–water partition coefficient (Wildman–Crippen LogP) is 6.30. The first-order chi connectivity index (χ1) is 15.3. The van der Waals surface area contributed by atoms with Crippen molar-refractivity contribution in [3.8, 4) is 5.75 Å². The molecule has 0 atom stereocenters. The molecule has 4 aromatic rings. The summed E-state index contributed by atoms with van der Waals surface area (Å²) < 4.78 is 5.82. The molecule has 0 saturated heterocycles. The van der Waals surface area contributed by atoms with E-state index in [1.165, 1.54) is 5.56 Å². The topological polar surface area (TPSA) is 38.3 Å². The van der Waals surface area contributed by atoms with Crippen LogP contribution in [0.15, 0.2) is 109 Å². The summed E-state index contributed by atoms with van der Waals surface area (Å²) in [6.45, 7) is 0.515. The van der Waals surface area contributed by atoms with E-state index < -0.39 is 0 Å². The summed E-state index contributed by atoms with van der Waals surface area (Å²) in [6.07, 6.45) is 1.72. The minimum atomic E-state index is -0.0957. The Balaban J connectivity index is 1.37. The molecule has 1 N–H and O–H groups in total. The van der Waals surface area contributed by atoms with Crippen molar-refractivity contribution >= 4 is 11.6 Å². The molecule has 4 aromatic carbocycles. The lowest BCUT2D eigenvalue weighted by atomic mass is 9.99. The Kier molecular flexibility index (Phi) is 6.76. The van der Waals surface area contributed by atoms with E-state index in [2.05, 4.69) is 17.4 Å². The third-order valence-corrected chi connectivity index (χ3v) is 5.15. The summed E-state index contributed by atoms with van der Waals surface area (Å²) in [7, 11) is 0. The van der Waals surface area contributed by atoms with E-state index >= 15 is 0 Å². The largest absolute Gasteiger partial charge is 0.489 e. The Labute approximate surface area is 183 Å². The lowest BCUT2D eigenvalue weighted by Crippen LogP contribution is -2.14. The zero-order valence-electron chi connectivity index (χ0n) is 17.3. The van der Waals surface area contributed by atoms with Gasteiger partial charge in [-0.2, -0.15) is 0 Å². The maximum atomic E-state index is 12.9.